The number of allylic oxidation sites excluding steroid dienone is 1. The normalized spacial score (nSPS) is 26.2. The molecule has 0 aromatic carbocycles. The fourth-order valence-electron chi connectivity index (χ4n) is 2.25. The van der Waals surface area contributed by atoms with Crippen LogP contribution in [0.1, 0.15) is 26.7 Å². The summed E-state index contributed by atoms with van der Waals surface area (Å²) in [7, 11) is 0. The molecule has 5 heteroatoms. The van der Waals surface area contributed by atoms with E-state index in [-0.39, 0.29) is 16.9 Å². The van der Waals surface area contributed by atoms with Crippen LogP contribution in [-0.2, 0) is 0 Å². The van der Waals surface area contributed by atoms with Gasteiger partial charge in [0.25, 0.3) is 0 Å². The molecule has 0 aromatic heterocycles. The van der Waals surface area contributed by atoms with E-state index in [4.69, 9.17) is 16.4 Å². The molecule has 3 N–H and O–H groups in total. The molecule has 0 fully saturated rings. The Morgan fingerprint density at radius 1 is 1.53 bits per heavy atom. The predicted molar refractivity (Wildman–Crippen MR) is 68.8 cm³/mol. The summed E-state index contributed by atoms with van der Waals surface area (Å²) in [6.45, 7) is 4.09. The minimum atomic E-state index is -0.525. The number of hydrogen-bond acceptors (Lipinski definition) is 5. The molecule has 1 aliphatic heterocycles. The van der Waals surface area contributed by atoms with E-state index in [1.807, 2.05) is 6.92 Å². The van der Waals surface area contributed by atoms with E-state index >= 15 is 0 Å². The van der Waals surface area contributed by atoms with Crippen molar-refractivity contribution in [1.82, 2.24) is 0 Å². The van der Waals surface area contributed by atoms with Crippen molar-refractivity contribution < 1.29 is 0 Å². The highest BCUT2D eigenvalue weighted by Crippen LogP contribution is 2.41. The van der Waals surface area contributed by atoms with Gasteiger partial charge in [0.2, 0.25) is 0 Å². The second-order valence-electron chi connectivity index (χ2n) is 4.25. The number of nitrogens with two attached hydrogens (primary N) is 1. The Morgan fingerprint density at radius 2 is 2.18 bits per heavy atom. The standard InChI is InChI=1S/C12H16N4S/c1-3-4-7(2)10-8(5-13)11(15)17-12(16)9(10)6-14/h7-8,10,15H,3-4,16H2,1-2H3/t7-,8+,10-/m1/s1. The molecule has 1 aliphatic rings. The van der Waals surface area contributed by atoms with Crippen LogP contribution >= 0.6 is 11.8 Å². The number of rotatable bonds is 3. The lowest BCUT2D eigenvalue weighted by Crippen LogP contribution is -2.32. The molecular weight excluding hydrogens is 232 g/mol. The highest BCUT2D eigenvalue weighted by molar-refractivity contribution is 8.17. The number of nitriles is 2. The van der Waals surface area contributed by atoms with Crippen LogP contribution in [0.5, 0.6) is 0 Å². The van der Waals surface area contributed by atoms with Crippen LogP contribution in [0.4, 0.5) is 0 Å². The maximum Gasteiger partial charge on any atom is 0.102 e. The molecule has 0 aromatic rings. The van der Waals surface area contributed by atoms with Crippen molar-refractivity contribution >= 4 is 16.8 Å². The summed E-state index contributed by atoms with van der Waals surface area (Å²) < 4.78 is 0. The molecule has 0 saturated carbocycles. The number of nitrogens with one attached hydrogen (secondary N) is 1. The van der Waals surface area contributed by atoms with Gasteiger partial charge >= 0.3 is 0 Å². The van der Waals surface area contributed by atoms with Gasteiger partial charge in [0.15, 0.2) is 0 Å². The fraction of sp³-hybridized carbons (Fsp3) is 0.583. The first-order valence-corrected chi connectivity index (χ1v) is 6.44. The summed E-state index contributed by atoms with van der Waals surface area (Å²) in [5, 5.41) is 26.8. The molecule has 0 aliphatic carbocycles. The van der Waals surface area contributed by atoms with Crippen molar-refractivity contribution in [3.05, 3.63) is 10.6 Å². The van der Waals surface area contributed by atoms with E-state index in [0.717, 1.165) is 24.6 Å². The second kappa shape index (κ2) is 5.75. The minimum absolute atomic E-state index is 0.194. The Labute approximate surface area is 106 Å². The van der Waals surface area contributed by atoms with Gasteiger partial charge in [-0.2, -0.15) is 10.5 Å². The summed E-state index contributed by atoms with van der Waals surface area (Å²) in [5.41, 5.74) is 6.28. The van der Waals surface area contributed by atoms with Crippen LogP contribution in [0, 0.1) is 45.8 Å². The zero-order chi connectivity index (χ0) is 13.0. The van der Waals surface area contributed by atoms with Gasteiger partial charge < -0.3 is 5.73 Å². The summed E-state index contributed by atoms with van der Waals surface area (Å²) in [6.07, 6.45) is 1.92. The first kappa shape index (κ1) is 13.6. The molecule has 0 radical (unpaired) electrons. The van der Waals surface area contributed by atoms with E-state index in [0.29, 0.717) is 10.6 Å². The number of nitrogens with zero attached hydrogens (tertiary/aromatic N) is 2. The van der Waals surface area contributed by atoms with Gasteiger partial charge in [-0.1, -0.05) is 38.5 Å². The third kappa shape index (κ3) is 2.62. The monoisotopic (exact) mass is 248 g/mol. The van der Waals surface area contributed by atoms with E-state index in [1.165, 1.54) is 0 Å². The molecule has 17 heavy (non-hydrogen) atoms. The van der Waals surface area contributed by atoms with Crippen molar-refractivity contribution in [3.8, 4) is 12.1 Å². The third-order valence-corrected chi connectivity index (χ3v) is 3.99. The molecular formula is C12H16N4S. The lowest BCUT2D eigenvalue weighted by Gasteiger charge is -2.31. The molecule has 0 saturated heterocycles. The largest absolute Gasteiger partial charge is 0.392 e. The SMILES string of the molecule is CCC[C@@H](C)[C@H]1C(C#N)=C(N)SC(=N)[C@H]1C#N. The van der Waals surface area contributed by atoms with Crippen molar-refractivity contribution in [2.75, 3.05) is 0 Å². The van der Waals surface area contributed by atoms with Crippen molar-refractivity contribution in [2.45, 2.75) is 26.7 Å². The maximum atomic E-state index is 9.17. The third-order valence-electron chi connectivity index (χ3n) is 3.08. The van der Waals surface area contributed by atoms with Crippen LogP contribution in [-0.4, -0.2) is 5.04 Å². The van der Waals surface area contributed by atoms with E-state index < -0.39 is 5.92 Å². The van der Waals surface area contributed by atoms with E-state index in [2.05, 4.69) is 19.1 Å². The molecule has 90 valence electrons. The lowest BCUT2D eigenvalue weighted by atomic mass is 9.76. The molecule has 1 heterocycles. The van der Waals surface area contributed by atoms with Crippen LogP contribution in [0.25, 0.3) is 0 Å². The summed E-state index contributed by atoms with van der Waals surface area (Å²) in [4.78, 5) is 0. The minimum Gasteiger partial charge on any atom is -0.392 e. The fourth-order valence-corrected chi connectivity index (χ4v) is 3.10. The van der Waals surface area contributed by atoms with Gasteiger partial charge in [0, 0.05) is 5.92 Å². The van der Waals surface area contributed by atoms with Crippen LogP contribution < -0.4 is 5.73 Å². The van der Waals surface area contributed by atoms with Gasteiger partial charge in [-0.3, -0.25) is 5.41 Å². The zero-order valence-electron chi connectivity index (χ0n) is 10.0. The molecule has 1 rings (SSSR count). The maximum absolute atomic E-state index is 9.17. The number of thioether (sulfide) groups is 1. The molecule has 3 atom stereocenters. The Kier molecular flexibility index (Phi) is 4.60. The number of hydrogen-bond donors (Lipinski definition) is 2. The molecule has 0 amide bonds. The van der Waals surface area contributed by atoms with Gasteiger partial charge in [0.1, 0.15) is 5.92 Å². The zero-order valence-corrected chi connectivity index (χ0v) is 10.8. The smallest absolute Gasteiger partial charge is 0.102 e. The van der Waals surface area contributed by atoms with Gasteiger partial charge in [-0.15, -0.1) is 0 Å². The predicted octanol–water partition coefficient (Wildman–Crippen LogP) is 2.60. The molecule has 0 unspecified atom stereocenters. The van der Waals surface area contributed by atoms with Crippen LogP contribution in [0.3, 0.4) is 0 Å². The highest BCUT2D eigenvalue weighted by Gasteiger charge is 2.38. The highest BCUT2D eigenvalue weighted by atomic mass is 32.2. The van der Waals surface area contributed by atoms with Crippen molar-refractivity contribution in [3.63, 3.8) is 0 Å². The Morgan fingerprint density at radius 3 is 2.65 bits per heavy atom. The average Bonchev–Trinajstić information content (AvgIpc) is 2.28. The molecule has 0 bridgehead atoms. The first-order valence-electron chi connectivity index (χ1n) is 5.62. The van der Waals surface area contributed by atoms with E-state index in [9.17, 15) is 5.26 Å². The lowest BCUT2D eigenvalue weighted by molar-refractivity contribution is 0.359. The molecule has 4 nitrogen and oxygen atoms in total. The van der Waals surface area contributed by atoms with E-state index in [1.54, 1.807) is 0 Å². The quantitative estimate of drug-likeness (QED) is 0.802. The summed E-state index contributed by atoms with van der Waals surface area (Å²) >= 11 is 1.04. The summed E-state index contributed by atoms with van der Waals surface area (Å²) in [5.74, 6) is -0.554. The first-order chi connectivity index (χ1) is 8.06. The van der Waals surface area contributed by atoms with Gasteiger partial charge in [0.05, 0.1) is 27.8 Å². The van der Waals surface area contributed by atoms with Crippen molar-refractivity contribution in [1.29, 1.82) is 15.9 Å². The topological polar surface area (TPSA) is 97.4 Å². The molecule has 0 spiro atoms. The second-order valence-corrected chi connectivity index (χ2v) is 5.34. The van der Waals surface area contributed by atoms with Crippen molar-refractivity contribution in [2.24, 2.45) is 23.5 Å². The summed E-state index contributed by atoms with van der Waals surface area (Å²) in [6, 6.07) is 4.26. The Hall–Kier alpha value is -1.46. The Bertz CT molecular complexity index is 427. The van der Waals surface area contributed by atoms with Crippen LogP contribution in [0.2, 0.25) is 0 Å². The average molecular weight is 248 g/mol. The Balaban J connectivity index is 3.17. The van der Waals surface area contributed by atoms with Crippen LogP contribution in [0.15, 0.2) is 10.6 Å². The van der Waals surface area contributed by atoms with Gasteiger partial charge in [-0.05, 0) is 5.92 Å². The van der Waals surface area contributed by atoms with Gasteiger partial charge in [-0.25, -0.2) is 0 Å².